The van der Waals surface area contributed by atoms with E-state index in [0.29, 0.717) is 13.2 Å². The second-order valence-electron chi connectivity index (χ2n) is 1.60. The normalized spacial score (nSPS) is 10.4. The first kappa shape index (κ1) is 9.27. The molecule has 0 aromatic carbocycles. The highest BCUT2D eigenvalue weighted by molar-refractivity contribution is 7.84. The second kappa shape index (κ2) is 6.39. The van der Waals surface area contributed by atoms with Gasteiger partial charge in [0.1, 0.15) is 6.61 Å². The molecule has 0 unspecified atom stereocenters. The Morgan fingerprint density at radius 1 is 1.90 bits per heavy atom. The summed E-state index contributed by atoms with van der Waals surface area (Å²) in [6.45, 7) is 2.54. The topological polar surface area (TPSA) is 38.7 Å². The number of rotatable bonds is 4. The average Bonchev–Trinajstić information content (AvgIpc) is 1.87. The van der Waals surface area contributed by atoms with E-state index in [0.717, 1.165) is 4.91 Å². The van der Waals surface area contributed by atoms with Crippen LogP contribution in [0.25, 0.3) is 0 Å². The molecule has 0 atom stereocenters. The number of carbonyl (C=O) groups excluding carboxylic acids is 1. The molecule has 56 valence electrons. The number of hydrogen-bond acceptors (Lipinski definition) is 4. The average molecular weight is 159 g/mol. The smallest absolute Gasteiger partial charge is 0.235 e. The minimum Gasteiger partial charge on any atom is -0.498 e. The summed E-state index contributed by atoms with van der Waals surface area (Å²) in [5.41, 5.74) is 0. The van der Waals surface area contributed by atoms with Crippen molar-refractivity contribution in [3.05, 3.63) is 11.2 Å². The van der Waals surface area contributed by atoms with Crippen molar-refractivity contribution in [2.75, 3.05) is 13.2 Å². The predicted molar refractivity (Wildman–Crippen MR) is 41.7 cm³/mol. The van der Waals surface area contributed by atoms with Crippen molar-refractivity contribution in [1.29, 1.82) is 0 Å². The summed E-state index contributed by atoms with van der Waals surface area (Å²) in [4.78, 5) is 13.6. The van der Waals surface area contributed by atoms with Crippen LogP contribution in [-0.4, -0.2) is 19.2 Å². The van der Waals surface area contributed by atoms with E-state index in [1.807, 2.05) is 0 Å². The maximum absolute atomic E-state index is 9.52. The van der Waals surface area contributed by atoms with E-state index in [4.69, 9.17) is 4.74 Å². The first-order valence-corrected chi connectivity index (χ1v) is 3.23. The van der Waals surface area contributed by atoms with Crippen LogP contribution in [0.3, 0.4) is 0 Å². The summed E-state index contributed by atoms with van der Waals surface area (Å²) in [6, 6.07) is 0. The molecule has 0 aliphatic carbocycles. The molecule has 0 amide bonds. The number of aliphatic imine (C=N–C) groups is 1. The van der Waals surface area contributed by atoms with E-state index >= 15 is 0 Å². The second-order valence-corrected chi connectivity index (χ2v) is 2.31. The number of allylic oxidation sites excluding steroid dienone is 1. The number of nitrogens with zero attached hydrogens (tertiary/aromatic N) is 1. The largest absolute Gasteiger partial charge is 0.498 e. The molecule has 0 aliphatic rings. The van der Waals surface area contributed by atoms with E-state index in [1.54, 1.807) is 6.92 Å². The van der Waals surface area contributed by atoms with Crippen molar-refractivity contribution in [2.45, 2.75) is 6.92 Å². The molecule has 0 bridgehead atoms. The van der Waals surface area contributed by atoms with Crippen LogP contribution in [-0.2, 0) is 9.53 Å². The summed E-state index contributed by atoms with van der Waals surface area (Å²) in [5.74, 6) is 0. The van der Waals surface area contributed by atoms with Crippen LogP contribution in [0, 0.1) is 0 Å². The fourth-order valence-corrected chi connectivity index (χ4v) is 0.398. The van der Waals surface area contributed by atoms with Crippen molar-refractivity contribution in [3.8, 4) is 0 Å². The Balaban J connectivity index is 3.21. The minimum absolute atomic E-state index is 0.348. The number of hydrogen-bond donors (Lipinski definition) is 1. The molecule has 0 fully saturated rings. The van der Waals surface area contributed by atoms with E-state index in [9.17, 15) is 4.79 Å². The third-order valence-electron chi connectivity index (χ3n) is 0.639. The van der Waals surface area contributed by atoms with Crippen LogP contribution in [0.1, 0.15) is 6.92 Å². The lowest BCUT2D eigenvalue weighted by atomic mass is 10.7. The Hall–Kier alpha value is -0.730. The van der Waals surface area contributed by atoms with Crippen LogP contribution >= 0.6 is 12.6 Å². The van der Waals surface area contributed by atoms with Gasteiger partial charge >= 0.3 is 0 Å². The van der Waals surface area contributed by atoms with Crippen LogP contribution in [0.15, 0.2) is 16.2 Å². The maximum Gasteiger partial charge on any atom is 0.235 e. The molecule has 10 heavy (non-hydrogen) atoms. The van der Waals surface area contributed by atoms with Gasteiger partial charge in [0.05, 0.1) is 12.8 Å². The van der Waals surface area contributed by atoms with Crippen molar-refractivity contribution in [2.24, 2.45) is 4.99 Å². The Morgan fingerprint density at radius 3 is 3.10 bits per heavy atom. The molecule has 0 N–H and O–H groups in total. The summed E-state index contributed by atoms with van der Waals surface area (Å²) in [6.07, 6.45) is 2.91. The Bertz CT molecular complexity index is 157. The van der Waals surface area contributed by atoms with Gasteiger partial charge in [-0.1, -0.05) is 0 Å². The van der Waals surface area contributed by atoms with Gasteiger partial charge in [0, 0.05) is 4.91 Å². The van der Waals surface area contributed by atoms with Gasteiger partial charge in [-0.2, -0.15) is 0 Å². The van der Waals surface area contributed by atoms with E-state index in [2.05, 4.69) is 17.6 Å². The molecule has 0 rings (SSSR count). The van der Waals surface area contributed by atoms with Crippen molar-refractivity contribution >= 4 is 18.7 Å². The van der Waals surface area contributed by atoms with E-state index in [-0.39, 0.29) is 0 Å². The molecule has 0 saturated heterocycles. The van der Waals surface area contributed by atoms with Gasteiger partial charge in [-0.05, 0) is 6.92 Å². The molecule has 0 spiro atoms. The number of isocyanates is 1. The Labute approximate surface area is 65.2 Å². The third kappa shape index (κ3) is 7.27. The lowest BCUT2D eigenvalue weighted by molar-refractivity contribution is 0.258. The third-order valence-corrected chi connectivity index (χ3v) is 0.745. The van der Waals surface area contributed by atoms with Crippen molar-refractivity contribution in [1.82, 2.24) is 0 Å². The van der Waals surface area contributed by atoms with Gasteiger partial charge in [-0.15, -0.1) is 12.6 Å². The molecule has 0 aromatic heterocycles. The Kier molecular flexibility index (Phi) is 5.92. The maximum atomic E-state index is 9.52. The molecule has 0 aromatic rings. The summed E-state index contributed by atoms with van der Waals surface area (Å²) in [7, 11) is 0. The number of thiol groups is 1. The highest BCUT2D eigenvalue weighted by Gasteiger charge is 1.80. The molecule has 0 radical (unpaired) electrons. The summed E-state index contributed by atoms with van der Waals surface area (Å²) >= 11 is 3.95. The van der Waals surface area contributed by atoms with Crippen molar-refractivity contribution in [3.63, 3.8) is 0 Å². The van der Waals surface area contributed by atoms with Gasteiger partial charge in [0.25, 0.3) is 0 Å². The zero-order chi connectivity index (χ0) is 7.82. The van der Waals surface area contributed by atoms with E-state index in [1.165, 1.54) is 12.3 Å². The van der Waals surface area contributed by atoms with Gasteiger partial charge in [-0.25, -0.2) is 9.79 Å². The van der Waals surface area contributed by atoms with Crippen LogP contribution in [0.5, 0.6) is 0 Å². The van der Waals surface area contributed by atoms with Gasteiger partial charge < -0.3 is 4.74 Å². The summed E-state index contributed by atoms with van der Waals surface area (Å²) < 4.78 is 4.89. The molecular formula is C6H9NO2S. The van der Waals surface area contributed by atoms with Gasteiger partial charge in [0.15, 0.2) is 0 Å². The highest BCUT2D eigenvalue weighted by Crippen LogP contribution is 1.95. The molecule has 0 saturated carbocycles. The molecule has 3 nitrogen and oxygen atoms in total. The first-order valence-electron chi connectivity index (χ1n) is 2.78. The summed E-state index contributed by atoms with van der Waals surface area (Å²) in [5, 5.41) is 0. The number of ether oxygens (including phenoxy) is 1. The molecule has 0 aliphatic heterocycles. The van der Waals surface area contributed by atoms with Gasteiger partial charge in [0.2, 0.25) is 6.08 Å². The quantitative estimate of drug-likeness (QED) is 0.219. The monoisotopic (exact) mass is 159 g/mol. The zero-order valence-electron chi connectivity index (χ0n) is 5.70. The highest BCUT2D eigenvalue weighted by atomic mass is 32.1. The van der Waals surface area contributed by atoms with Crippen LogP contribution < -0.4 is 0 Å². The molecule has 4 heteroatoms. The molecule has 0 heterocycles. The predicted octanol–water partition coefficient (Wildman–Crippen LogP) is 1.13. The SMILES string of the molecule is CC(S)=COCCN=C=O. The fraction of sp³-hybridized carbons (Fsp3) is 0.500. The standard InChI is InChI=1S/C6H9NO2S/c1-6(10)4-9-3-2-7-5-8/h4,10H,2-3H2,1H3. The first-order chi connectivity index (χ1) is 4.77. The van der Waals surface area contributed by atoms with E-state index < -0.39 is 0 Å². The fourth-order valence-electron chi connectivity index (χ4n) is 0.324. The molecular weight excluding hydrogens is 150 g/mol. The minimum atomic E-state index is 0.348. The lowest BCUT2D eigenvalue weighted by Crippen LogP contribution is -1.91. The lowest BCUT2D eigenvalue weighted by Gasteiger charge is -1.94. The zero-order valence-corrected chi connectivity index (χ0v) is 6.60. The van der Waals surface area contributed by atoms with Crippen LogP contribution in [0.4, 0.5) is 0 Å². The van der Waals surface area contributed by atoms with Crippen molar-refractivity contribution < 1.29 is 9.53 Å². The van der Waals surface area contributed by atoms with Crippen LogP contribution in [0.2, 0.25) is 0 Å². The van der Waals surface area contributed by atoms with Gasteiger partial charge in [-0.3, -0.25) is 0 Å². The Morgan fingerprint density at radius 2 is 2.60 bits per heavy atom.